The molecular weight excluding hydrogens is 211 g/mol. The predicted molar refractivity (Wildman–Crippen MR) is 42.8 cm³/mol. The molecule has 0 N–H and O–H groups in total. The van der Waals surface area contributed by atoms with Gasteiger partial charge >= 0.3 is 0 Å². The quantitative estimate of drug-likeness (QED) is 0.658. The van der Waals surface area contributed by atoms with Crippen LogP contribution in [-0.4, -0.2) is 6.61 Å². The van der Waals surface area contributed by atoms with Crippen molar-refractivity contribution in [2.75, 3.05) is 6.61 Å². The van der Waals surface area contributed by atoms with Crippen molar-refractivity contribution in [3.05, 3.63) is 34.1 Å². The van der Waals surface area contributed by atoms with Gasteiger partial charge in [0.1, 0.15) is 11.9 Å². The van der Waals surface area contributed by atoms with Crippen molar-refractivity contribution in [1.29, 1.82) is 0 Å². The second kappa shape index (κ2) is 2.57. The highest BCUT2D eigenvalue weighted by atomic mass is 79.9. The molecule has 1 atom stereocenters. The molecule has 0 saturated carbocycles. The number of halogens is 2. The smallest absolute Gasteiger partial charge is 0.124 e. The zero-order valence-electron chi connectivity index (χ0n) is 5.68. The summed E-state index contributed by atoms with van der Waals surface area (Å²) in [5.74, 6) is -0.218. The van der Waals surface area contributed by atoms with Crippen LogP contribution in [0.4, 0.5) is 4.39 Å². The van der Waals surface area contributed by atoms with Gasteiger partial charge in [-0.1, -0.05) is 15.9 Å². The maximum absolute atomic E-state index is 12.7. The first-order chi connectivity index (χ1) is 5.25. The fourth-order valence-electron chi connectivity index (χ4n) is 1.00. The summed E-state index contributed by atoms with van der Waals surface area (Å²) in [6.07, 6.45) is 0.127. The monoisotopic (exact) mass is 216 g/mol. The Morgan fingerprint density at radius 2 is 2.18 bits per heavy atom. The van der Waals surface area contributed by atoms with Crippen LogP contribution in [0.1, 0.15) is 11.7 Å². The van der Waals surface area contributed by atoms with Gasteiger partial charge in [0.25, 0.3) is 0 Å². The number of hydrogen-bond acceptors (Lipinski definition) is 1. The molecule has 1 aliphatic heterocycles. The van der Waals surface area contributed by atoms with Crippen molar-refractivity contribution in [2.45, 2.75) is 6.10 Å². The maximum Gasteiger partial charge on any atom is 0.124 e. The average molecular weight is 217 g/mol. The summed E-state index contributed by atoms with van der Waals surface area (Å²) in [5, 5.41) is 0. The topological polar surface area (TPSA) is 12.5 Å². The van der Waals surface area contributed by atoms with E-state index in [1.807, 2.05) is 6.07 Å². The third-order valence-electron chi connectivity index (χ3n) is 1.59. The Morgan fingerprint density at radius 3 is 2.73 bits per heavy atom. The van der Waals surface area contributed by atoms with E-state index in [0.29, 0.717) is 0 Å². The zero-order chi connectivity index (χ0) is 7.84. The minimum absolute atomic E-state index is 0.127. The van der Waals surface area contributed by atoms with E-state index in [2.05, 4.69) is 15.9 Å². The third kappa shape index (κ3) is 1.60. The zero-order valence-corrected chi connectivity index (χ0v) is 7.27. The van der Waals surface area contributed by atoms with Gasteiger partial charge in [-0.2, -0.15) is 0 Å². The van der Waals surface area contributed by atoms with Crippen LogP contribution in [0, 0.1) is 5.82 Å². The van der Waals surface area contributed by atoms with Gasteiger partial charge in [-0.25, -0.2) is 4.39 Å². The Kier molecular flexibility index (Phi) is 1.69. The maximum atomic E-state index is 12.7. The van der Waals surface area contributed by atoms with E-state index in [-0.39, 0.29) is 11.9 Å². The summed E-state index contributed by atoms with van der Waals surface area (Å²) in [5.41, 5.74) is 0.914. The Labute approximate surface area is 72.3 Å². The van der Waals surface area contributed by atoms with Gasteiger partial charge in [0.2, 0.25) is 0 Å². The molecule has 0 spiro atoms. The van der Waals surface area contributed by atoms with Crippen LogP contribution in [0.25, 0.3) is 0 Å². The van der Waals surface area contributed by atoms with Crippen molar-refractivity contribution in [2.24, 2.45) is 0 Å². The molecule has 0 aliphatic carbocycles. The van der Waals surface area contributed by atoms with E-state index < -0.39 is 0 Å². The van der Waals surface area contributed by atoms with Crippen LogP contribution in [0.3, 0.4) is 0 Å². The average Bonchev–Trinajstić information content (AvgIpc) is 2.64. The van der Waals surface area contributed by atoms with Crippen molar-refractivity contribution in [1.82, 2.24) is 0 Å². The van der Waals surface area contributed by atoms with Crippen LogP contribution < -0.4 is 0 Å². The third-order valence-corrected chi connectivity index (χ3v) is 2.05. The lowest BCUT2D eigenvalue weighted by Crippen LogP contribution is -1.83. The molecule has 0 amide bonds. The molecule has 1 aromatic rings. The number of rotatable bonds is 1. The minimum atomic E-state index is -0.218. The molecule has 0 unspecified atom stereocenters. The van der Waals surface area contributed by atoms with Crippen LogP contribution in [-0.2, 0) is 4.74 Å². The lowest BCUT2D eigenvalue weighted by molar-refractivity contribution is 0.414. The molecule has 1 saturated heterocycles. The van der Waals surface area contributed by atoms with Gasteiger partial charge in [-0.05, 0) is 23.8 Å². The molecule has 0 aromatic heterocycles. The summed E-state index contributed by atoms with van der Waals surface area (Å²) in [7, 11) is 0. The first-order valence-electron chi connectivity index (χ1n) is 3.33. The van der Waals surface area contributed by atoms with Crippen LogP contribution in [0.2, 0.25) is 0 Å². The lowest BCUT2D eigenvalue weighted by atomic mass is 10.2. The lowest BCUT2D eigenvalue weighted by Gasteiger charge is -1.96. The SMILES string of the molecule is Fc1cc(Br)cc([C@H]2CO2)c1. The molecule has 0 radical (unpaired) electrons. The first kappa shape index (κ1) is 7.25. The normalized spacial score (nSPS) is 21.8. The van der Waals surface area contributed by atoms with Crippen molar-refractivity contribution in [3.8, 4) is 0 Å². The molecular formula is C8H6BrFO. The molecule has 2 rings (SSSR count). The van der Waals surface area contributed by atoms with Crippen LogP contribution in [0.5, 0.6) is 0 Å². The van der Waals surface area contributed by atoms with Gasteiger partial charge in [0, 0.05) is 4.47 Å². The fraction of sp³-hybridized carbons (Fsp3) is 0.250. The molecule has 1 nitrogen and oxygen atoms in total. The van der Waals surface area contributed by atoms with E-state index in [4.69, 9.17) is 4.74 Å². The van der Waals surface area contributed by atoms with Gasteiger partial charge in [-0.3, -0.25) is 0 Å². The largest absolute Gasteiger partial charge is 0.368 e. The van der Waals surface area contributed by atoms with Gasteiger partial charge in [0.05, 0.1) is 6.61 Å². The second-order valence-electron chi connectivity index (χ2n) is 2.52. The number of benzene rings is 1. The number of hydrogen-bond donors (Lipinski definition) is 0. The Hall–Kier alpha value is -0.410. The molecule has 11 heavy (non-hydrogen) atoms. The van der Waals surface area contributed by atoms with Crippen molar-refractivity contribution < 1.29 is 9.13 Å². The Morgan fingerprint density at radius 1 is 1.45 bits per heavy atom. The first-order valence-corrected chi connectivity index (χ1v) is 4.12. The van der Waals surface area contributed by atoms with Gasteiger partial charge < -0.3 is 4.74 Å². The summed E-state index contributed by atoms with van der Waals surface area (Å²) >= 11 is 3.21. The highest BCUT2D eigenvalue weighted by Crippen LogP contribution is 2.31. The van der Waals surface area contributed by atoms with E-state index in [1.165, 1.54) is 12.1 Å². The molecule has 1 fully saturated rings. The van der Waals surface area contributed by atoms with E-state index >= 15 is 0 Å². The minimum Gasteiger partial charge on any atom is -0.368 e. The van der Waals surface area contributed by atoms with Gasteiger partial charge in [0.15, 0.2) is 0 Å². The second-order valence-corrected chi connectivity index (χ2v) is 3.44. The van der Waals surface area contributed by atoms with E-state index in [0.717, 1.165) is 16.6 Å². The molecule has 58 valence electrons. The summed E-state index contributed by atoms with van der Waals surface area (Å²) in [6.45, 7) is 0.718. The molecule has 3 heteroatoms. The van der Waals surface area contributed by atoms with Crippen molar-refractivity contribution >= 4 is 15.9 Å². The van der Waals surface area contributed by atoms with Gasteiger partial charge in [-0.15, -0.1) is 0 Å². The number of epoxide rings is 1. The molecule has 1 aliphatic rings. The number of ether oxygens (including phenoxy) is 1. The van der Waals surface area contributed by atoms with Crippen LogP contribution in [0.15, 0.2) is 22.7 Å². The van der Waals surface area contributed by atoms with Crippen molar-refractivity contribution in [3.63, 3.8) is 0 Å². The van der Waals surface area contributed by atoms with E-state index in [1.54, 1.807) is 0 Å². The Balaban J connectivity index is 2.39. The Bertz CT molecular complexity index is 263. The summed E-state index contributed by atoms with van der Waals surface area (Å²) in [6, 6.07) is 4.81. The van der Waals surface area contributed by atoms with E-state index in [9.17, 15) is 4.39 Å². The highest BCUT2D eigenvalue weighted by Gasteiger charge is 2.25. The standard InChI is InChI=1S/C8H6BrFO/c9-6-1-5(8-4-11-8)2-7(10)3-6/h1-3,8H,4H2/t8-/m1/s1. The molecule has 0 bridgehead atoms. The highest BCUT2D eigenvalue weighted by molar-refractivity contribution is 9.10. The van der Waals surface area contributed by atoms with Crippen LogP contribution >= 0.6 is 15.9 Å². The summed E-state index contributed by atoms with van der Waals surface area (Å²) in [4.78, 5) is 0. The predicted octanol–water partition coefficient (Wildman–Crippen LogP) is 2.66. The summed E-state index contributed by atoms with van der Waals surface area (Å²) < 4.78 is 18.5. The fourth-order valence-corrected chi connectivity index (χ4v) is 1.48. The molecule has 1 heterocycles. The molecule has 1 aromatic carbocycles.